The third-order valence-corrected chi connectivity index (χ3v) is 10.1. The zero-order valence-corrected chi connectivity index (χ0v) is 26.3. The van der Waals surface area contributed by atoms with Crippen molar-refractivity contribution in [1.82, 2.24) is 14.5 Å². The molecule has 9 heteroatoms. The van der Waals surface area contributed by atoms with Crippen molar-refractivity contribution in [3.63, 3.8) is 0 Å². The van der Waals surface area contributed by atoms with Crippen LogP contribution in [0, 0.1) is 5.92 Å². The van der Waals surface area contributed by atoms with Gasteiger partial charge in [0.25, 0.3) is 0 Å². The number of nitrogens with zero attached hydrogens (tertiary/aromatic N) is 3. The normalized spacial score (nSPS) is 22.6. The Morgan fingerprint density at radius 2 is 1.95 bits per heavy atom. The first-order valence-electron chi connectivity index (χ1n) is 15.0. The van der Waals surface area contributed by atoms with Crippen molar-refractivity contribution in [2.24, 2.45) is 5.92 Å². The van der Waals surface area contributed by atoms with Gasteiger partial charge >= 0.3 is 6.09 Å². The summed E-state index contributed by atoms with van der Waals surface area (Å²) in [4.78, 5) is 19.8. The van der Waals surface area contributed by atoms with Crippen LogP contribution < -0.4 is 5.32 Å². The van der Waals surface area contributed by atoms with Crippen LogP contribution in [0.2, 0.25) is 25.7 Å². The third-order valence-electron chi connectivity index (χ3n) is 8.40. The molecular weight excluding hydrogens is 532 g/mol. The van der Waals surface area contributed by atoms with Crippen LogP contribution in [0.4, 0.5) is 10.5 Å². The van der Waals surface area contributed by atoms with E-state index in [4.69, 9.17) is 19.2 Å². The number of piperidine rings is 1. The van der Waals surface area contributed by atoms with Crippen molar-refractivity contribution in [3.8, 4) is 0 Å². The minimum absolute atomic E-state index is 0.124. The van der Waals surface area contributed by atoms with E-state index < -0.39 is 8.07 Å². The molecule has 1 aromatic carbocycles. The van der Waals surface area contributed by atoms with Crippen LogP contribution in [0.5, 0.6) is 0 Å². The van der Waals surface area contributed by atoms with Gasteiger partial charge in [0.1, 0.15) is 19.0 Å². The van der Waals surface area contributed by atoms with Crippen molar-refractivity contribution in [1.29, 1.82) is 0 Å². The lowest BCUT2D eigenvalue weighted by Crippen LogP contribution is -2.49. The maximum Gasteiger partial charge on any atom is 0.410 e. The van der Waals surface area contributed by atoms with E-state index in [0.717, 1.165) is 55.4 Å². The summed E-state index contributed by atoms with van der Waals surface area (Å²) in [5.74, 6) is 0.992. The zero-order valence-electron chi connectivity index (χ0n) is 25.3. The first kappa shape index (κ1) is 29.6. The molecule has 41 heavy (non-hydrogen) atoms. The summed E-state index contributed by atoms with van der Waals surface area (Å²) < 4.78 is 19.5. The van der Waals surface area contributed by atoms with E-state index >= 15 is 0 Å². The molecule has 1 amide bonds. The number of fused-ring (bicyclic) bond motifs is 1. The SMILES string of the molecule is COCC1CC1c1cn(COCC[Si](C)(C)C)c2nccc(N[C@@H]3CC[C@H](C)N(C(=O)OCc4ccccc4)C3)c12. The number of benzene rings is 1. The first-order valence-corrected chi connectivity index (χ1v) is 18.7. The molecule has 1 saturated carbocycles. The topological polar surface area (TPSA) is 77.9 Å². The summed E-state index contributed by atoms with van der Waals surface area (Å²) in [5, 5.41) is 4.97. The van der Waals surface area contributed by atoms with Crippen LogP contribution in [0.25, 0.3) is 11.0 Å². The first-order chi connectivity index (χ1) is 19.7. The molecule has 2 aliphatic rings. The predicted molar refractivity (Wildman–Crippen MR) is 166 cm³/mol. The molecule has 0 radical (unpaired) electrons. The van der Waals surface area contributed by atoms with E-state index in [2.05, 4.69) is 48.7 Å². The van der Waals surface area contributed by atoms with Gasteiger partial charge < -0.3 is 29.0 Å². The smallest absolute Gasteiger partial charge is 0.410 e. The summed E-state index contributed by atoms with van der Waals surface area (Å²) >= 11 is 0. The summed E-state index contributed by atoms with van der Waals surface area (Å²) in [6, 6.07) is 13.3. The molecule has 2 unspecified atom stereocenters. The second-order valence-corrected chi connectivity index (χ2v) is 18.6. The number of methoxy groups -OCH3 is 1. The maximum absolute atomic E-state index is 13.1. The fourth-order valence-corrected chi connectivity index (χ4v) is 6.57. The fraction of sp³-hybridized carbons (Fsp3) is 0.562. The molecule has 2 aromatic heterocycles. The number of nitrogens with one attached hydrogen (secondary N) is 1. The minimum Gasteiger partial charge on any atom is -0.445 e. The van der Waals surface area contributed by atoms with Gasteiger partial charge in [0.05, 0.1) is 0 Å². The predicted octanol–water partition coefficient (Wildman–Crippen LogP) is 6.70. The number of aromatic nitrogens is 2. The molecule has 8 nitrogen and oxygen atoms in total. The fourth-order valence-electron chi connectivity index (χ4n) is 5.82. The Morgan fingerprint density at radius 1 is 1.15 bits per heavy atom. The number of likely N-dealkylation sites (tertiary alicyclic amines) is 1. The van der Waals surface area contributed by atoms with E-state index in [9.17, 15) is 4.79 Å². The second-order valence-electron chi connectivity index (χ2n) is 13.0. The number of pyridine rings is 1. The zero-order chi connectivity index (χ0) is 29.0. The lowest BCUT2D eigenvalue weighted by atomic mass is 9.99. The Labute approximate surface area is 245 Å². The number of hydrogen-bond donors (Lipinski definition) is 1. The van der Waals surface area contributed by atoms with Crippen LogP contribution in [0.1, 0.15) is 43.2 Å². The van der Waals surface area contributed by atoms with Crippen molar-refractivity contribution >= 4 is 30.9 Å². The minimum atomic E-state index is -1.16. The quantitative estimate of drug-likeness (QED) is 0.190. The Morgan fingerprint density at radius 3 is 2.71 bits per heavy atom. The van der Waals surface area contributed by atoms with Crippen LogP contribution in [-0.2, 0) is 27.5 Å². The monoisotopic (exact) mass is 578 g/mol. The van der Waals surface area contributed by atoms with E-state index in [1.54, 1.807) is 7.11 Å². The number of ether oxygens (including phenoxy) is 3. The van der Waals surface area contributed by atoms with Crippen LogP contribution in [0.3, 0.4) is 0 Å². The molecule has 1 aliphatic carbocycles. The molecule has 2 fully saturated rings. The van der Waals surface area contributed by atoms with Gasteiger partial charge in [-0.2, -0.15) is 0 Å². The van der Waals surface area contributed by atoms with Gasteiger partial charge in [-0.15, -0.1) is 0 Å². The van der Waals surface area contributed by atoms with E-state index in [1.165, 1.54) is 10.9 Å². The second kappa shape index (κ2) is 13.0. The standard InChI is InChI=1S/C32H46N4O4Si/c1-23-11-12-26(18-36(23)32(37)40-20-24-9-7-6-8-10-24)34-29-13-14-33-31-30(29)28(27-17-25(27)21-38-2)19-35(31)22-39-15-16-41(3,4)5/h6-10,13-14,19,23,25-27H,11-12,15-18,20-22H2,1-5H3,(H,33,34)/t23-,25?,26+,27?/m0/s1. The number of carbonyl (C=O) groups is 1. The average molecular weight is 579 g/mol. The molecule has 1 saturated heterocycles. The van der Waals surface area contributed by atoms with E-state index in [1.807, 2.05) is 41.4 Å². The Balaban J connectivity index is 1.32. The van der Waals surface area contributed by atoms with Crippen molar-refractivity contribution < 1.29 is 19.0 Å². The number of rotatable bonds is 12. The van der Waals surface area contributed by atoms with Crippen LogP contribution in [-0.4, -0.2) is 67.6 Å². The third kappa shape index (κ3) is 7.50. The highest BCUT2D eigenvalue weighted by molar-refractivity contribution is 6.76. The van der Waals surface area contributed by atoms with Crippen molar-refractivity contribution in [2.45, 2.75) is 83.2 Å². The number of carbonyl (C=O) groups excluding carboxylic acids is 1. The number of amides is 1. The molecule has 5 rings (SSSR count). The number of anilines is 1. The Hall–Kier alpha value is -2.88. The van der Waals surface area contributed by atoms with Gasteiger partial charge in [-0.25, -0.2) is 9.78 Å². The van der Waals surface area contributed by atoms with Crippen LogP contribution in [0.15, 0.2) is 48.8 Å². The molecule has 222 valence electrons. The Bertz CT molecular complexity index is 1310. The van der Waals surface area contributed by atoms with Crippen LogP contribution >= 0.6 is 0 Å². The lowest BCUT2D eigenvalue weighted by molar-refractivity contribution is 0.0696. The summed E-state index contributed by atoms with van der Waals surface area (Å²) in [7, 11) is 0.622. The highest BCUT2D eigenvalue weighted by Gasteiger charge is 2.41. The molecule has 0 spiro atoms. The molecule has 4 atom stereocenters. The van der Waals surface area contributed by atoms with E-state index in [-0.39, 0.29) is 24.8 Å². The van der Waals surface area contributed by atoms with Gasteiger partial charge in [0.15, 0.2) is 0 Å². The number of hydrogen-bond acceptors (Lipinski definition) is 6. The van der Waals surface area contributed by atoms with Gasteiger partial charge in [0.2, 0.25) is 0 Å². The van der Waals surface area contributed by atoms with Gasteiger partial charge in [-0.3, -0.25) is 0 Å². The summed E-state index contributed by atoms with van der Waals surface area (Å²) in [5.41, 5.74) is 4.33. The van der Waals surface area contributed by atoms with Crippen molar-refractivity contribution in [2.75, 3.05) is 32.2 Å². The van der Waals surface area contributed by atoms with Gasteiger partial charge in [-0.1, -0.05) is 50.0 Å². The van der Waals surface area contributed by atoms with Gasteiger partial charge in [-0.05, 0) is 61.3 Å². The highest BCUT2D eigenvalue weighted by Crippen LogP contribution is 2.51. The molecule has 0 bridgehead atoms. The largest absolute Gasteiger partial charge is 0.445 e. The van der Waals surface area contributed by atoms with Gasteiger partial charge in [0, 0.05) is 70.5 Å². The molecule has 1 N–H and O–H groups in total. The summed E-state index contributed by atoms with van der Waals surface area (Å²) in [6.45, 7) is 12.2. The highest BCUT2D eigenvalue weighted by atomic mass is 28.3. The molecule has 1 aliphatic heterocycles. The maximum atomic E-state index is 13.1. The van der Waals surface area contributed by atoms with Crippen molar-refractivity contribution in [3.05, 3.63) is 59.9 Å². The Kier molecular flexibility index (Phi) is 9.36. The molecule has 3 aromatic rings. The van der Waals surface area contributed by atoms with E-state index in [0.29, 0.717) is 25.1 Å². The molecular formula is C32H46N4O4Si. The molecule has 3 heterocycles. The summed E-state index contributed by atoms with van der Waals surface area (Å²) in [6.07, 6.45) is 6.90. The lowest BCUT2D eigenvalue weighted by Gasteiger charge is -2.38. The average Bonchev–Trinajstić information content (AvgIpc) is 3.61.